The van der Waals surface area contributed by atoms with Crippen LogP contribution < -0.4 is 14.2 Å². The van der Waals surface area contributed by atoms with Gasteiger partial charge < -0.3 is 23.9 Å². The number of nitrogens with zero attached hydrogens (tertiary/aromatic N) is 2. The number of methoxy groups -OCH3 is 2. The van der Waals surface area contributed by atoms with Crippen molar-refractivity contribution in [3.8, 4) is 17.2 Å². The molecule has 2 atom stereocenters. The van der Waals surface area contributed by atoms with E-state index in [1.807, 2.05) is 19.1 Å². The molecule has 26 heavy (non-hydrogen) atoms. The van der Waals surface area contributed by atoms with Crippen LogP contribution in [0.25, 0.3) is 0 Å². The van der Waals surface area contributed by atoms with E-state index in [1.165, 1.54) is 0 Å². The molecule has 0 bridgehead atoms. The molecule has 0 saturated carbocycles. The fourth-order valence-corrected chi connectivity index (χ4v) is 3.73. The minimum absolute atomic E-state index is 0.196. The Labute approximate surface area is 153 Å². The van der Waals surface area contributed by atoms with Gasteiger partial charge in [0.2, 0.25) is 12.5 Å². The van der Waals surface area contributed by atoms with Crippen molar-refractivity contribution in [1.82, 2.24) is 14.9 Å². The minimum atomic E-state index is 0.196. The monoisotopic (exact) mass is 359 g/mol. The molecule has 0 aliphatic carbocycles. The van der Waals surface area contributed by atoms with E-state index in [0.29, 0.717) is 11.5 Å². The Balaban J connectivity index is 1.61. The summed E-state index contributed by atoms with van der Waals surface area (Å²) < 4.78 is 22.1. The first-order valence-corrected chi connectivity index (χ1v) is 8.85. The van der Waals surface area contributed by atoms with Crippen LogP contribution in [-0.2, 0) is 11.3 Å². The number of imidazole rings is 1. The number of rotatable bonds is 5. The minimum Gasteiger partial charge on any atom is -0.493 e. The van der Waals surface area contributed by atoms with Crippen molar-refractivity contribution >= 4 is 0 Å². The number of hydrogen-bond donors (Lipinski definition) is 1. The van der Waals surface area contributed by atoms with Crippen LogP contribution in [0.3, 0.4) is 0 Å². The summed E-state index contributed by atoms with van der Waals surface area (Å²) in [5.41, 5.74) is 3.28. The number of likely N-dealkylation sites (tertiary alicyclic amines) is 1. The number of nitrogens with one attached hydrogen (secondary N) is 1. The lowest BCUT2D eigenvalue weighted by atomic mass is 10.1. The van der Waals surface area contributed by atoms with Gasteiger partial charge in [0.15, 0.2) is 11.5 Å². The lowest BCUT2D eigenvalue weighted by molar-refractivity contribution is 0.107. The number of benzene rings is 1. The van der Waals surface area contributed by atoms with Crippen molar-refractivity contribution in [3.63, 3.8) is 0 Å². The van der Waals surface area contributed by atoms with Crippen molar-refractivity contribution in [3.05, 3.63) is 34.9 Å². The van der Waals surface area contributed by atoms with Crippen molar-refractivity contribution in [1.29, 1.82) is 0 Å². The Morgan fingerprint density at radius 2 is 2.12 bits per heavy atom. The predicted octanol–water partition coefficient (Wildman–Crippen LogP) is 2.73. The smallest absolute Gasteiger partial charge is 0.231 e. The Kier molecular flexibility index (Phi) is 4.50. The Bertz CT molecular complexity index is 785. The molecule has 1 N–H and O–H groups in total. The number of aromatic amines is 1. The Morgan fingerprint density at radius 1 is 1.27 bits per heavy atom. The van der Waals surface area contributed by atoms with Gasteiger partial charge in [-0.05, 0) is 38.0 Å². The van der Waals surface area contributed by atoms with Crippen LogP contribution in [0.5, 0.6) is 17.2 Å². The molecule has 140 valence electrons. The normalized spacial score (nSPS) is 22.2. The van der Waals surface area contributed by atoms with E-state index < -0.39 is 0 Å². The zero-order valence-electron chi connectivity index (χ0n) is 15.7. The van der Waals surface area contributed by atoms with Crippen molar-refractivity contribution in [2.75, 3.05) is 27.6 Å². The van der Waals surface area contributed by atoms with Gasteiger partial charge in [-0.1, -0.05) is 0 Å². The van der Waals surface area contributed by atoms with Crippen LogP contribution in [0.4, 0.5) is 0 Å². The number of aryl methyl sites for hydroxylation is 2. The third-order valence-electron chi connectivity index (χ3n) is 5.26. The number of fused-ring (bicyclic) bond motifs is 1. The van der Waals surface area contributed by atoms with E-state index in [4.69, 9.17) is 23.9 Å². The summed E-state index contributed by atoms with van der Waals surface area (Å²) >= 11 is 0. The lowest BCUT2D eigenvalue weighted by Crippen LogP contribution is -2.25. The highest BCUT2D eigenvalue weighted by Gasteiger charge is 2.35. The molecule has 3 heterocycles. The van der Waals surface area contributed by atoms with Gasteiger partial charge in [-0.2, -0.15) is 0 Å². The zero-order chi connectivity index (χ0) is 18.3. The van der Waals surface area contributed by atoms with Crippen molar-refractivity contribution in [2.24, 2.45) is 0 Å². The summed E-state index contributed by atoms with van der Waals surface area (Å²) in [7, 11) is 3.42. The van der Waals surface area contributed by atoms with Gasteiger partial charge in [-0.25, -0.2) is 4.98 Å². The summed E-state index contributed by atoms with van der Waals surface area (Å²) in [6.07, 6.45) is 1.12. The van der Waals surface area contributed by atoms with Gasteiger partial charge in [0, 0.05) is 25.9 Å². The quantitative estimate of drug-likeness (QED) is 0.885. The molecule has 0 spiro atoms. The van der Waals surface area contributed by atoms with Crippen LogP contribution in [0.2, 0.25) is 0 Å². The van der Waals surface area contributed by atoms with Gasteiger partial charge in [0.1, 0.15) is 5.82 Å². The first-order valence-electron chi connectivity index (χ1n) is 8.85. The molecule has 7 heteroatoms. The average Bonchev–Trinajstić information content (AvgIpc) is 3.33. The standard InChI is InChI=1S/C19H25N3O4/c1-11-12(2)21-19(20-11)15-7-14(23-3)9-22(15)8-13-5-16(24-4)18-17(6-13)25-10-26-18/h5-6,14-15H,7-10H2,1-4H3,(H,20,21)/t14-,15+/m1/s1. The molecule has 2 aliphatic rings. The van der Waals surface area contributed by atoms with Crippen LogP contribution >= 0.6 is 0 Å². The van der Waals surface area contributed by atoms with E-state index in [-0.39, 0.29) is 18.9 Å². The topological polar surface area (TPSA) is 68.8 Å². The van der Waals surface area contributed by atoms with Gasteiger partial charge in [0.25, 0.3) is 0 Å². The van der Waals surface area contributed by atoms with Gasteiger partial charge in [-0.3, -0.25) is 4.90 Å². The highest BCUT2D eigenvalue weighted by molar-refractivity contribution is 5.55. The molecular weight excluding hydrogens is 334 g/mol. The van der Waals surface area contributed by atoms with Crippen LogP contribution in [-0.4, -0.2) is 48.5 Å². The molecule has 0 unspecified atom stereocenters. The molecular formula is C19H25N3O4. The third-order valence-corrected chi connectivity index (χ3v) is 5.26. The molecule has 0 radical (unpaired) electrons. The largest absolute Gasteiger partial charge is 0.493 e. The first kappa shape index (κ1) is 17.2. The summed E-state index contributed by atoms with van der Waals surface area (Å²) in [6.45, 7) is 5.94. The summed E-state index contributed by atoms with van der Waals surface area (Å²) in [5.74, 6) is 3.13. The Hall–Kier alpha value is -2.25. The molecule has 7 nitrogen and oxygen atoms in total. The summed E-state index contributed by atoms with van der Waals surface area (Å²) in [5, 5.41) is 0. The fourth-order valence-electron chi connectivity index (χ4n) is 3.73. The number of ether oxygens (including phenoxy) is 4. The molecule has 1 aromatic carbocycles. The molecule has 4 rings (SSSR count). The maximum atomic E-state index is 5.63. The average molecular weight is 359 g/mol. The zero-order valence-corrected chi connectivity index (χ0v) is 15.7. The van der Waals surface area contributed by atoms with E-state index in [0.717, 1.165) is 48.0 Å². The lowest BCUT2D eigenvalue weighted by Gasteiger charge is -2.23. The predicted molar refractivity (Wildman–Crippen MR) is 95.7 cm³/mol. The second kappa shape index (κ2) is 6.81. The second-order valence-electron chi connectivity index (χ2n) is 6.90. The van der Waals surface area contributed by atoms with Crippen LogP contribution in [0, 0.1) is 13.8 Å². The van der Waals surface area contributed by atoms with Crippen molar-refractivity contribution < 1.29 is 18.9 Å². The fraction of sp³-hybridized carbons (Fsp3) is 0.526. The van der Waals surface area contributed by atoms with E-state index in [9.17, 15) is 0 Å². The first-order chi connectivity index (χ1) is 12.6. The summed E-state index contributed by atoms with van der Waals surface area (Å²) in [4.78, 5) is 10.5. The molecule has 1 aromatic heterocycles. The van der Waals surface area contributed by atoms with Gasteiger partial charge in [0.05, 0.1) is 24.9 Å². The maximum absolute atomic E-state index is 5.63. The molecule has 1 fully saturated rings. The highest BCUT2D eigenvalue weighted by atomic mass is 16.7. The third kappa shape index (κ3) is 3.01. The Morgan fingerprint density at radius 3 is 2.81 bits per heavy atom. The van der Waals surface area contributed by atoms with Crippen LogP contribution in [0.15, 0.2) is 12.1 Å². The SMILES string of the molecule is COc1cc(CN2C[C@H](OC)C[C@H]2c2nc(C)c(C)[nH]2)cc2c1OCO2. The number of hydrogen-bond acceptors (Lipinski definition) is 6. The van der Waals surface area contributed by atoms with Crippen LogP contribution in [0.1, 0.15) is 35.2 Å². The van der Waals surface area contributed by atoms with Crippen molar-refractivity contribution in [2.45, 2.75) is 39.0 Å². The van der Waals surface area contributed by atoms with Gasteiger partial charge >= 0.3 is 0 Å². The van der Waals surface area contributed by atoms with E-state index in [1.54, 1.807) is 14.2 Å². The molecule has 1 saturated heterocycles. The van der Waals surface area contributed by atoms with E-state index >= 15 is 0 Å². The van der Waals surface area contributed by atoms with Gasteiger partial charge in [-0.15, -0.1) is 0 Å². The molecule has 2 aromatic rings. The van der Waals surface area contributed by atoms with E-state index in [2.05, 4.69) is 16.8 Å². The maximum Gasteiger partial charge on any atom is 0.231 e. The summed E-state index contributed by atoms with van der Waals surface area (Å²) in [6, 6.07) is 4.24. The highest BCUT2D eigenvalue weighted by Crippen LogP contribution is 2.43. The number of aromatic nitrogens is 2. The molecule has 0 amide bonds. The molecule has 2 aliphatic heterocycles. The second-order valence-corrected chi connectivity index (χ2v) is 6.90. The number of H-pyrrole nitrogens is 1.